The van der Waals surface area contributed by atoms with Crippen molar-refractivity contribution >= 4 is 49.1 Å². The lowest BCUT2D eigenvalue weighted by Gasteiger charge is -2.12. The molecule has 0 spiro atoms. The first-order valence-corrected chi connectivity index (χ1v) is 8.30. The lowest BCUT2D eigenvalue weighted by atomic mass is 9.97. The van der Waals surface area contributed by atoms with Gasteiger partial charge in [0.25, 0.3) is 0 Å². The van der Waals surface area contributed by atoms with E-state index in [2.05, 4.69) is 54.6 Å². The smallest absolute Gasteiger partial charge is 0.225 e. The van der Waals surface area contributed by atoms with Crippen LogP contribution >= 0.6 is 31.9 Å². The predicted molar refractivity (Wildman–Crippen MR) is 92.8 cm³/mol. The van der Waals surface area contributed by atoms with Crippen LogP contribution in [0.15, 0.2) is 51.4 Å². The molecular weight excluding hydrogens is 396 g/mol. The Balaban J connectivity index is 1.69. The second kappa shape index (κ2) is 6.20. The van der Waals surface area contributed by atoms with Crippen molar-refractivity contribution in [2.75, 3.05) is 17.2 Å². The number of para-hydroxylation sites is 1. The molecule has 2 N–H and O–H groups in total. The van der Waals surface area contributed by atoms with E-state index in [1.54, 1.807) is 0 Å². The lowest BCUT2D eigenvalue weighted by molar-refractivity contribution is -0.116. The van der Waals surface area contributed by atoms with Gasteiger partial charge in [-0.15, -0.1) is 0 Å². The quantitative estimate of drug-likeness (QED) is 0.767. The van der Waals surface area contributed by atoms with E-state index in [-0.39, 0.29) is 11.8 Å². The SMILES string of the molecule is O=C(CC1CNc2ccccc21)Nc1cc(Br)ccc1Br. The van der Waals surface area contributed by atoms with E-state index in [0.717, 1.165) is 26.9 Å². The number of halogens is 2. The predicted octanol–water partition coefficient (Wildman–Crippen LogP) is 4.75. The molecule has 2 aromatic carbocycles. The Bertz CT molecular complexity index is 688. The lowest BCUT2D eigenvalue weighted by Crippen LogP contribution is -2.17. The number of rotatable bonds is 3. The van der Waals surface area contributed by atoms with Crippen LogP contribution in [-0.2, 0) is 4.79 Å². The molecule has 0 bridgehead atoms. The highest BCUT2D eigenvalue weighted by Crippen LogP contribution is 2.34. The summed E-state index contributed by atoms with van der Waals surface area (Å²) in [7, 11) is 0. The minimum absolute atomic E-state index is 0.0253. The molecule has 5 heteroatoms. The molecule has 0 aliphatic carbocycles. The third-order valence-corrected chi connectivity index (χ3v) is 4.76. The van der Waals surface area contributed by atoms with Crippen LogP contribution in [0.2, 0.25) is 0 Å². The largest absolute Gasteiger partial charge is 0.384 e. The summed E-state index contributed by atoms with van der Waals surface area (Å²) in [6.45, 7) is 0.812. The molecule has 3 rings (SSSR count). The minimum atomic E-state index is 0.0253. The van der Waals surface area contributed by atoms with Crippen molar-refractivity contribution in [3.05, 3.63) is 57.0 Å². The van der Waals surface area contributed by atoms with Crippen molar-refractivity contribution in [2.24, 2.45) is 0 Å². The van der Waals surface area contributed by atoms with Crippen LogP contribution in [0.1, 0.15) is 17.9 Å². The highest BCUT2D eigenvalue weighted by molar-refractivity contribution is 9.11. The number of benzene rings is 2. The molecule has 1 aliphatic rings. The van der Waals surface area contributed by atoms with Gasteiger partial charge in [0.15, 0.2) is 0 Å². The fourth-order valence-electron chi connectivity index (χ4n) is 2.56. The summed E-state index contributed by atoms with van der Waals surface area (Å²) in [5, 5.41) is 6.31. The van der Waals surface area contributed by atoms with Gasteiger partial charge >= 0.3 is 0 Å². The Morgan fingerprint density at radius 2 is 2.05 bits per heavy atom. The van der Waals surface area contributed by atoms with Crippen LogP contribution in [0.4, 0.5) is 11.4 Å². The number of nitrogens with one attached hydrogen (secondary N) is 2. The molecule has 21 heavy (non-hydrogen) atoms. The molecule has 1 amide bonds. The van der Waals surface area contributed by atoms with E-state index in [1.165, 1.54) is 5.56 Å². The average molecular weight is 410 g/mol. The number of carbonyl (C=O) groups excluding carboxylic acids is 1. The molecular formula is C16H14Br2N2O. The summed E-state index contributed by atoms with van der Waals surface area (Å²) in [6.07, 6.45) is 0.475. The number of anilines is 2. The van der Waals surface area contributed by atoms with Gasteiger partial charge in [0.2, 0.25) is 5.91 Å². The van der Waals surface area contributed by atoms with Crippen LogP contribution in [0.25, 0.3) is 0 Å². The summed E-state index contributed by atoms with van der Waals surface area (Å²) < 4.78 is 1.82. The Hall–Kier alpha value is -1.33. The molecule has 3 nitrogen and oxygen atoms in total. The summed E-state index contributed by atoms with van der Waals surface area (Å²) in [6, 6.07) is 13.9. The molecule has 108 valence electrons. The van der Waals surface area contributed by atoms with Gasteiger partial charge in [-0.05, 0) is 45.8 Å². The number of hydrogen-bond acceptors (Lipinski definition) is 2. The van der Waals surface area contributed by atoms with Gasteiger partial charge in [0.05, 0.1) is 5.69 Å². The highest BCUT2D eigenvalue weighted by atomic mass is 79.9. The van der Waals surface area contributed by atoms with E-state index in [9.17, 15) is 4.79 Å². The Morgan fingerprint density at radius 1 is 1.24 bits per heavy atom. The standard InChI is InChI=1S/C16H14Br2N2O/c17-11-5-6-13(18)15(8-11)20-16(21)7-10-9-19-14-4-2-1-3-12(10)14/h1-6,8,10,19H,7,9H2,(H,20,21). The molecule has 1 aliphatic heterocycles. The van der Waals surface area contributed by atoms with Gasteiger partial charge in [-0.1, -0.05) is 34.1 Å². The van der Waals surface area contributed by atoms with Gasteiger partial charge in [-0.3, -0.25) is 4.79 Å². The van der Waals surface area contributed by atoms with Crippen molar-refractivity contribution < 1.29 is 4.79 Å². The molecule has 0 aromatic heterocycles. The van der Waals surface area contributed by atoms with E-state index in [4.69, 9.17) is 0 Å². The van der Waals surface area contributed by atoms with E-state index in [1.807, 2.05) is 30.3 Å². The molecule has 0 radical (unpaired) electrons. The molecule has 1 heterocycles. The number of carbonyl (C=O) groups is 1. The monoisotopic (exact) mass is 408 g/mol. The normalized spacial score (nSPS) is 16.2. The van der Waals surface area contributed by atoms with Crippen LogP contribution in [0, 0.1) is 0 Å². The molecule has 0 fully saturated rings. The van der Waals surface area contributed by atoms with Crippen molar-refractivity contribution in [1.82, 2.24) is 0 Å². The van der Waals surface area contributed by atoms with Crippen molar-refractivity contribution in [2.45, 2.75) is 12.3 Å². The van der Waals surface area contributed by atoms with E-state index < -0.39 is 0 Å². The minimum Gasteiger partial charge on any atom is -0.384 e. The van der Waals surface area contributed by atoms with Gasteiger partial charge < -0.3 is 10.6 Å². The summed E-state index contributed by atoms with van der Waals surface area (Å²) in [5.74, 6) is 0.254. The van der Waals surface area contributed by atoms with Crippen LogP contribution in [0.5, 0.6) is 0 Å². The first-order chi connectivity index (χ1) is 10.1. The third kappa shape index (κ3) is 3.30. The maximum absolute atomic E-state index is 12.3. The number of fused-ring (bicyclic) bond motifs is 1. The van der Waals surface area contributed by atoms with E-state index in [0.29, 0.717) is 6.42 Å². The zero-order chi connectivity index (χ0) is 14.8. The molecule has 2 aromatic rings. The van der Waals surface area contributed by atoms with Gasteiger partial charge in [0.1, 0.15) is 0 Å². The zero-order valence-corrected chi connectivity index (χ0v) is 14.4. The first-order valence-electron chi connectivity index (χ1n) is 6.71. The summed E-state index contributed by atoms with van der Waals surface area (Å²) >= 11 is 6.86. The summed E-state index contributed by atoms with van der Waals surface area (Å²) in [5.41, 5.74) is 3.15. The van der Waals surface area contributed by atoms with Crippen molar-refractivity contribution in [3.8, 4) is 0 Å². The average Bonchev–Trinajstić information content (AvgIpc) is 2.86. The molecule has 1 atom stereocenters. The van der Waals surface area contributed by atoms with Gasteiger partial charge in [-0.2, -0.15) is 0 Å². The van der Waals surface area contributed by atoms with Crippen LogP contribution in [-0.4, -0.2) is 12.5 Å². The second-order valence-corrected chi connectivity index (χ2v) is 6.81. The fourth-order valence-corrected chi connectivity index (χ4v) is 3.26. The first kappa shape index (κ1) is 14.6. The van der Waals surface area contributed by atoms with Crippen molar-refractivity contribution in [3.63, 3.8) is 0 Å². The summed E-state index contributed by atoms with van der Waals surface area (Å²) in [4.78, 5) is 12.3. The Kier molecular flexibility index (Phi) is 4.31. The van der Waals surface area contributed by atoms with Gasteiger partial charge in [-0.25, -0.2) is 0 Å². The van der Waals surface area contributed by atoms with Crippen molar-refractivity contribution in [1.29, 1.82) is 0 Å². The Morgan fingerprint density at radius 3 is 2.90 bits per heavy atom. The fraction of sp³-hybridized carbons (Fsp3) is 0.188. The number of hydrogen-bond donors (Lipinski definition) is 2. The van der Waals surface area contributed by atoms with Crippen LogP contribution in [0.3, 0.4) is 0 Å². The maximum Gasteiger partial charge on any atom is 0.225 e. The molecule has 1 unspecified atom stereocenters. The Labute approximate surface area is 140 Å². The molecule has 0 saturated carbocycles. The second-order valence-electron chi connectivity index (χ2n) is 5.04. The van der Waals surface area contributed by atoms with Gasteiger partial charge in [0, 0.05) is 33.5 Å². The number of amides is 1. The highest BCUT2D eigenvalue weighted by Gasteiger charge is 2.24. The molecule has 0 saturated heterocycles. The topological polar surface area (TPSA) is 41.1 Å². The van der Waals surface area contributed by atoms with Crippen LogP contribution < -0.4 is 10.6 Å². The van der Waals surface area contributed by atoms with E-state index >= 15 is 0 Å². The maximum atomic E-state index is 12.3. The zero-order valence-electron chi connectivity index (χ0n) is 11.2. The third-order valence-electron chi connectivity index (χ3n) is 3.57.